The van der Waals surface area contributed by atoms with Crippen molar-refractivity contribution >= 4 is 23.2 Å². The quantitative estimate of drug-likeness (QED) is 0.680. The molecule has 0 atom stereocenters. The normalized spacial score (nSPS) is 10.6. The first-order valence-corrected chi connectivity index (χ1v) is 7.24. The molecule has 0 radical (unpaired) electrons. The maximum absolute atomic E-state index is 12.0. The van der Waals surface area contributed by atoms with E-state index in [0.29, 0.717) is 0 Å². The molecule has 0 aliphatic rings. The van der Waals surface area contributed by atoms with Gasteiger partial charge in [0.25, 0.3) is 5.91 Å². The van der Waals surface area contributed by atoms with E-state index in [1.165, 1.54) is 0 Å². The van der Waals surface area contributed by atoms with Crippen molar-refractivity contribution in [1.29, 1.82) is 0 Å². The summed E-state index contributed by atoms with van der Waals surface area (Å²) in [4.78, 5) is 35.0. The molecule has 0 aliphatic carbocycles. The summed E-state index contributed by atoms with van der Waals surface area (Å²) in [5.74, 6) is -1.17. The molecule has 0 spiro atoms. The van der Waals surface area contributed by atoms with E-state index in [0.717, 1.165) is 5.52 Å². The van der Waals surface area contributed by atoms with Gasteiger partial charge in [0, 0.05) is 12.2 Å². The SMILES string of the molecule is CC(C)NC(=O)CNC(=O)CNC(=O)c1cc2ccccn2n1. The van der Waals surface area contributed by atoms with E-state index >= 15 is 0 Å². The summed E-state index contributed by atoms with van der Waals surface area (Å²) in [5, 5.41) is 11.7. The standard InChI is InChI=1S/C15H19N5O3/c1-10(2)18-14(22)9-16-13(21)8-17-15(23)12-7-11-5-3-4-6-20(11)19-12/h3-7,10H,8-9H2,1-2H3,(H,16,21)(H,17,23)(H,18,22). The van der Waals surface area contributed by atoms with Gasteiger partial charge in [0.05, 0.1) is 18.6 Å². The number of pyridine rings is 1. The van der Waals surface area contributed by atoms with Crippen LogP contribution >= 0.6 is 0 Å². The number of carbonyl (C=O) groups excluding carboxylic acids is 3. The monoisotopic (exact) mass is 317 g/mol. The summed E-state index contributed by atoms with van der Waals surface area (Å²) in [5.41, 5.74) is 1.01. The zero-order valence-corrected chi connectivity index (χ0v) is 13.0. The summed E-state index contributed by atoms with van der Waals surface area (Å²) in [7, 11) is 0. The third kappa shape index (κ3) is 4.80. The van der Waals surface area contributed by atoms with E-state index in [1.807, 2.05) is 26.0 Å². The number of nitrogens with zero attached hydrogens (tertiary/aromatic N) is 2. The fraction of sp³-hybridized carbons (Fsp3) is 0.333. The lowest BCUT2D eigenvalue weighted by Gasteiger charge is -2.09. The number of nitrogens with one attached hydrogen (secondary N) is 3. The highest BCUT2D eigenvalue weighted by Gasteiger charge is 2.12. The van der Waals surface area contributed by atoms with Gasteiger partial charge in [-0.1, -0.05) is 6.07 Å². The minimum Gasteiger partial charge on any atom is -0.352 e. The summed E-state index contributed by atoms with van der Waals surface area (Å²) < 4.78 is 1.57. The summed E-state index contributed by atoms with van der Waals surface area (Å²) in [6.45, 7) is 3.31. The van der Waals surface area contributed by atoms with Gasteiger partial charge in [-0.3, -0.25) is 14.4 Å². The zero-order chi connectivity index (χ0) is 16.8. The third-order valence-corrected chi connectivity index (χ3v) is 2.91. The van der Waals surface area contributed by atoms with Crippen LogP contribution in [0.2, 0.25) is 0 Å². The Morgan fingerprint density at radius 2 is 1.87 bits per heavy atom. The first kappa shape index (κ1) is 16.5. The van der Waals surface area contributed by atoms with Crippen LogP contribution in [0.3, 0.4) is 0 Å². The highest BCUT2D eigenvalue weighted by atomic mass is 16.2. The van der Waals surface area contributed by atoms with E-state index in [9.17, 15) is 14.4 Å². The number of aromatic nitrogens is 2. The Labute approximate surface area is 133 Å². The minimum absolute atomic E-state index is 0.00847. The molecule has 0 saturated heterocycles. The van der Waals surface area contributed by atoms with Gasteiger partial charge >= 0.3 is 0 Å². The average molecular weight is 317 g/mol. The molecule has 8 nitrogen and oxygen atoms in total. The third-order valence-electron chi connectivity index (χ3n) is 2.91. The molecule has 2 rings (SSSR count). The van der Waals surface area contributed by atoms with Crippen LogP contribution in [-0.4, -0.2) is 46.5 Å². The lowest BCUT2D eigenvalue weighted by molar-refractivity contribution is -0.125. The number of amides is 3. The largest absolute Gasteiger partial charge is 0.352 e. The molecular weight excluding hydrogens is 298 g/mol. The van der Waals surface area contributed by atoms with Gasteiger partial charge < -0.3 is 16.0 Å². The molecule has 0 saturated carbocycles. The molecule has 0 bridgehead atoms. The maximum atomic E-state index is 12.0. The van der Waals surface area contributed by atoms with E-state index in [2.05, 4.69) is 21.0 Å². The zero-order valence-electron chi connectivity index (χ0n) is 13.0. The molecule has 3 N–H and O–H groups in total. The van der Waals surface area contributed by atoms with Gasteiger partial charge in [-0.25, -0.2) is 4.52 Å². The molecule has 0 fully saturated rings. The van der Waals surface area contributed by atoms with Crippen molar-refractivity contribution in [3.05, 3.63) is 36.2 Å². The highest BCUT2D eigenvalue weighted by molar-refractivity contribution is 5.96. The fourth-order valence-corrected chi connectivity index (χ4v) is 1.91. The molecule has 3 amide bonds. The predicted octanol–water partition coefficient (Wildman–Crippen LogP) is -0.295. The molecule has 0 aliphatic heterocycles. The van der Waals surface area contributed by atoms with Gasteiger partial charge in [0.15, 0.2) is 5.69 Å². The number of hydrogen-bond donors (Lipinski definition) is 3. The van der Waals surface area contributed by atoms with Crippen LogP contribution in [0.5, 0.6) is 0 Å². The summed E-state index contributed by atoms with van der Waals surface area (Å²) in [6, 6.07) is 7.10. The predicted molar refractivity (Wildman–Crippen MR) is 83.8 cm³/mol. The Balaban J connectivity index is 1.79. The number of hydrogen-bond acceptors (Lipinski definition) is 4. The second kappa shape index (κ2) is 7.39. The summed E-state index contributed by atoms with van der Waals surface area (Å²) in [6.07, 6.45) is 1.73. The van der Waals surface area contributed by atoms with Gasteiger partial charge in [0.1, 0.15) is 0 Å². The van der Waals surface area contributed by atoms with Gasteiger partial charge in [-0.2, -0.15) is 5.10 Å². The summed E-state index contributed by atoms with van der Waals surface area (Å²) >= 11 is 0. The van der Waals surface area contributed by atoms with E-state index in [4.69, 9.17) is 0 Å². The maximum Gasteiger partial charge on any atom is 0.272 e. The number of fused-ring (bicyclic) bond motifs is 1. The van der Waals surface area contributed by atoms with Gasteiger partial charge in [-0.05, 0) is 32.0 Å². The van der Waals surface area contributed by atoms with Crippen LogP contribution in [0.25, 0.3) is 5.52 Å². The first-order valence-electron chi connectivity index (χ1n) is 7.24. The van der Waals surface area contributed by atoms with Crippen molar-refractivity contribution in [3.8, 4) is 0 Å². The first-order chi connectivity index (χ1) is 11.0. The second-order valence-corrected chi connectivity index (χ2v) is 5.28. The Morgan fingerprint density at radius 1 is 1.13 bits per heavy atom. The van der Waals surface area contributed by atoms with Crippen molar-refractivity contribution in [1.82, 2.24) is 25.6 Å². The van der Waals surface area contributed by atoms with E-state index < -0.39 is 11.8 Å². The lowest BCUT2D eigenvalue weighted by Crippen LogP contribution is -2.43. The lowest BCUT2D eigenvalue weighted by atomic mass is 10.3. The van der Waals surface area contributed by atoms with Gasteiger partial charge in [-0.15, -0.1) is 0 Å². The van der Waals surface area contributed by atoms with Crippen LogP contribution in [-0.2, 0) is 9.59 Å². The molecule has 2 heterocycles. The van der Waals surface area contributed by atoms with Crippen LogP contribution in [0, 0.1) is 0 Å². The van der Waals surface area contributed by atoms with Crippen molar-refractivity contribution in [2.45, 2.75) is 19.9 Å². The topological polar surface area (TPSA) is 105 Å². The van der Waals surface area contributed by atoms with Crippen LogP contribution < -0.4 is 16.0 Å². The Bertz CT molecular complexity index is 690. The van der Waals surface area contributed by atoms with Crippen molar-refractivity contribution in [2.75, 3.05) is 13.1 Å². The van der Waals surface area contributed by atoms with Crippen LogP contribution in [0.4, 0.5) is 0 Å². The molecule has 8 heteroatoms. The molecule has 122 valence electrons. The molecular formula is C15H19N5O3. The minimum atomic E-state index is -0.449. The molecule has 0 aromatic carbocycles. The van der Waals surface area contributed by atoms with Gasteiger partial charge in [0.2, 0.25) is 11.8 Å². The van der Waals surface area contributed by atoms with Crippen molar-refractivity contribution < 1.29 is 14.4 Å². The molecule has 0 unspecified atom stereocenters. The Kier molecular flexibility index (Phi) is 5.29. The van der Waals surface area contributed by atoms with Crippen LogP contribution in [0.1, 0.15) is 24.3 Å². The van der Waals surface area contributed by atoms with Crippen LogP contribution in [0.15, 0.2) is 30.5 Å². The molecule has 2 aromatic rings. The number of rotatable bonds is 6. The highest BCUT2D eigenvalue weighted by Crippen LogP contribution is 2.05. The molecule has 2 aromatic heterocycles. The second-order valence-electron chi connectivity index (χ2n) is 5.28. The molecule has 23 heavy (non-hydrogen) atoms. The Morgan fingerprint density at radius 3 is 2.57 bits per heavy atom. The Hall–Kier alpha value is -2.90. The smallest absolute Gasteiger partial charge is 0.272 e. The van der Waals surface area contributed by atoms with E-state index in [1.54, 1.807) is 22.8 Å². The van der Waals surface area contributed by atoms with Crippen molar-refractivity contribution in [2.24, 2.45) is 0 Å². The average Bonchev–Trinajstić information content (AvgIpc) is 2.94. The van der Waals surface area contributed by atoms with E-state index in [-0.39, 0.29) is 30.7 Å². The fourth-order valence-electron chi connectivity index (χ4n) is 1.91. The number of carbonyl (C=O) groups is 3. The van der Waals surface area contributed by atoms with Crippen molar-refractivity contribution in [3.63, 3.8) is 0 Å².